The van der Waals surface area contributed by atoms with Gasteiger partial charge < -0.3 is 9.73 Å². The SMILES string of the molecule is CC1CCCC(NC(=O)c2occc2CS(=O)(=O)c2ccccc2)C1C. The highest BCUT2D eigenvalue weighted by Gasteiger charge is 2.30. The van der Waals surface area contributed by atoms with E-state index in [0.29, 0.717) is 17.4 Å². The summed E-state index contributed by atoms with van der Waals surface area (Å²) in [4.78, 5) is 12.9. The van der Waals surface area contributed by atoms with E-state index in [-0.39, 0.29) is 28.4 Å². The molecule has 26 heavy (non-hydrogen) atoms. The van der Waals surface area contributed by atoms with Gasteiger partial charge in [-0.15, -0.1) is 0 Å². The number of hydrogen-bond acceptors (Lipinski definition) is 4. The van der Waals surface area contributed by atoms with Gasteiger partial charge in [-0.3, -0.25) is 4.79 Å². The maximum atomic E-state index is 12.7. The van der Waals surface area contributed by atoms with Crippen LogP contribution in [0.2, 0.25) is 0 Å². The smallest absolute Gasteiger partial charge is 0.287 e. The maximum absolute atomic E-state index is 12.7. The second-order valence-electron chi connectivity index (χ2n) is 7.19. The largest absolute Gasteiger partial charge is 0.459 e. The van der Waals surface area contributed by atoms with Gasteiger partial charge in [0.25, 0.3) is 5.91 Å². The summed E-state index contributed by atoms with van der Waals surface area (Å²) in [6, 6.07) is 9.89. The summed E-state index contributed by atoms with van der Waals surface area (Å²) in [6.07, 6.45) is 4.58. The first-order valence-corrected chi connectivity index (χ1v) is 10.7. The van der Waals surface area contributed by atoms with Gasteiger partial charge in [0.05, 0.1) is 16.9 Å². The third-order valence-electron chi connectivity index (χ3n) is 5.42. The average Bonchev–Trinajstić information content (AvgIpc) is 3.07. The number of carbonyl (C=O) groups is 1. The van der Waals surface area contributed by atoms with E-state index < -0.39 is 9.84 Å². The molecule has 0 spiro atoms. The van der Waals surface area contributed by atoms with Gasteiger partial charge in [-0.2, -0.15) is 0 Å². The minimum Gasteiger partial charge on any atom is -0.459 e. The van der Waals surface area contributed by atoms with Gasteiger partial charge in [0, 0.05) is 11.6 Å². The van der Waals surface area contributed by atoms with Crippen molar-refractivity contribution in [2.24, 2.45) is 11.8 Å². The molecule has 1 saturated carbocycles. The van der Waals surface area contributed by atoms with Crippen molar-refractivity contribution in [3.05, 3.63) is 54.0 Å². The van der Waals surface area contributed by atoms with Crippen LogP contribution >= 0.6 is 0 Å². The molecule has 1 aromatic heterocycles. The fourth-order valence-electron chi connectivity index (χ4n) is 3.58. The Morgan fingerprint density at radius 3 is 2.62 bits per heavy atom. The van der Waals surface area contributed by atoms with Crippen LogP contribution in [0.25, 0.3) is 0 Å². The standard InChI is InChI=1S/C20H25NO4S/c1-14-7-6-10-18(15(14)2)21-20(22)19-16(11-12-25-19)13-26(23,24)17-8-4-3-5-9-17/h3-5,8-9,11-12,14-15,18H,6-7,10,13H2,1-2H3,(H,21,22). The van der Waals surface area contributed by atoms with Crippen molar-refractivity contribution >= 4 is 15.7 Å². The number of hydrogen-bond donors (Lipinski definition) is 1. The molecule has 140 valence electrons. The number of carbonyl (C=O) groups excluding carboxylic acids is 1. The Kier molecular flexibility index (Phi) is 5.51. The topological polar surface area (TPSA) is 76.4 Å². The third-order valence-corrected chi connectivity index (χ3v) is 7.11. The Balaban J connectivity index is 1.75. The Morgan fingerprint density at radius 2 is 1.88 bits per heavy atom. The highest BCUT2D eigenvalue weighted by Crippen LogP contribution is 2.30. The predicted octanol–water partition coefficient (Wildman–Crippen LogP) is 3.81. The molecule has 3 rings (SSSR count). The number of sulfone groups is 1. The van der Waals surface area contributed by atoms with Crippen LogP contribution in [0, 0.1) is 11.8 Å². The van der Waals surface area contributed by atoms with Crippen molar-refractivity contribution in [2.45, 2.75) is 49.8 Å². The first-order valence-electron chi connectivity index (χ1n) is 9.03. The van der Waals surface area contributed by atoms with Crippen molar-refractivity contribution in [3.63, 3.8) is 0 Å². The lowest BCUT2D eigenvalue weighted by atomic mass is 9.78. The van der Waals surface area contributed by atoms with Crippen LogP contribution in [0.1, 0.15) is 49.2 Å². The molecule has 0 bridgehead atoms. The lowest BCUT2D eigenvalue weighted by Crippen LogP contribution is -2.43. The zero-order valence-electron chi connectivity index (χ0n) is 15.1. The highest BCUT2D eigenvalue weighted by atomic mass is 32.2. The summed E-state index contributed by atoms with van der Waals surface area (Å²) >= 11 is 0. The highest BCUT2D eigenvalue weighted by molar-refractivity contribution is 7.90. The van der Waals surface area contributed by atoms with E-state index in [0.717, 1.165) is 12.8 Å². The number of benzene rings is 1. The Labute approximate surface area is 154 Å². The van der Waals surface area contributed by atoms with Crippen molar-refractivity contribution in [1.29, 1.82) is 0 Å². The van der Waals surface area contributed by atoms with Gasteiger partial charge in [0.2, 0.25) is 0 Å². The average molecular weight is 375 g/mol. The van der Waals surface area contributed by atoms with Gasteiger partial charge in [-0.25, -0.2) is 8.42 Å². The van der Waals surface area contributed by atoms with E-state index in [2.05, 4.69) is 19.2 Å². The first-order chi connectivity index (χ1) is 12.4. The molecule has 3 atom stereocenters. The van der Waals surface area contributed by atoms with Crippen molar-refractivity contribution < 1.29 is 17.6 Å². The molecule has 2 aromatic rings. The molecule has 0 aliphatic heterocycles. The summed E-state index contributed by atoms with van der Waals surface area (Å²) in [5, 5.41) is 3.04. The zero-order valence-corrected chi connectivity index (χ0v) is 16.0. The van der Waals surface area contributed by atoms with E-state index in [1.54, 1.807) is 36.4 Å². The molecule has 1 fully saturated rings. The van der Waals surface area contributed by atoms with E-state index >= 15 is 0 Å². The Bertz CT molecular complexity index is 857. The van der Waals surface area contributed by atoms with Crippen LogP contribution in [0.4, 0.5) is 0 Å². The molecule has 3 unspecified atom stereocenters. The van der Waals surface area contributed by atoms with Gasteiger partial charge in [0.15, 0.2) is 15.6 Å². The summed E-state index contributed by atoms with van der Waals surface area (Å²) in [5.41, 5.74) is 0.392. The van der Waals surface area contributed by atoms with Crippen LogP contribution in [0.15, 0.2) is 52.0 Å². The van der Waals surface area contributed by atoms with Gasteiger partial charge in [-0.1, -0.05) is 44.9 Å². The molecule has 1 amide bonds. The molecular weight excluding hydrogens is 350 g/mol. The number of amides is 1. The summed E-state index contributed by atoms with van der Waals surface area (Å²) < 4.78 is 30.5. The van der Waals surface area contributed by atoms with Crippen LogP contribution in [0.3, 0.4) is 0 Å². The second-order valence-corrected chi connectivity index (χ2v) is 9.18. The molecule has 1 aromatic carbocycles. The van der Waals surface area contributed by atoms with Crippen molar-refractivity contribution in [1.82, 2.24) is 5.32 Å². The number of rotatable bonds is 5. The minimum atomic E-state index is -3.53. The van der Waals surface area contributed by atoms with Crippen molar-refractivity contribution in [2.75, 3.05) is 0 Å². The molecule has 5 nitrogen and oxygen atoms in total. The van der Waals surface area contributed by atoms with Gasteiger partial charge >= 0.3 is 0 Å². The summed E-state index contributed by atoms with van der Waals surface area (Å²) in [6.45, 7) is 4.35. The monoisotopic (exact) mass is 375 g/mol. The van der Waals surface area contributed by atoms with Gasteiger partial charge in [-0.05, 0) is 36.5 Å². The normalized spacial score (nSPS) is 23.5. The number of nitrogens with one attached hydrogen (secondary N) is 1. The van der Waals surface area contributed by atoms with Gasteiger partial charge in [0.1, 0.15) is 0 Å². The molecule has 0 saturated heterocycles. The molecule has 6 heteroatoms. The third kappa shape index (κ3) is 4.01. The van der Waals surface area contributed by atoms with E-state index in [1.165, 1.54) is 12.7 Å². The quantitative estimate of drug-likeness (QED) is 0.862. The van der Waals surface area contributed by atoms with Crippen molar-refractivity contribution in [3.8, 4) is 0 Å². The van der Waals surface area contributed by atoms with Crippen LogP contribution in [0.5, 0.6) is 0 Å². The molecule has 1 heterocycles. The summed E-state index contributed by atoms with van der Waals surface area (Å²) in [5.74, 6) is 0.448. The lowest BCUT2D eigenvalue weighted by Gasteiger charge is -2.34. The van der Waals surface area contributed by atoms with Crippen LogP contribution in [-0.4, -0.2) is 20.4 Å². The summed E-state index contributed by atoms with van der Waals surface area (Å²) in [7, 11) is -3.53. The molecule has 1 N–H and O–H groups in total. The lowest BCUT2D eigenvalue weighted by molar-refractivity contribution is 0.0862. The second kappa shape index (κ2) is 7.66. The first kappa shape index (κ1) is 18.7. The molecule has 0 radical (unpaired) electrons. The zero-order chi connectivity index (χ0) is 18.7. The Hall–Kier alpha value is -2.08. The van der Waals surface area contributed by atoms with Crippen LogP contribution in [-0.2, 0) is 15.6 Å². The molecule has 1 aliphatic carbocycles. The molecule has 1 aliphatic rings. The molecular formula is C20H25NO4S. The maximum Gasteiger partial charge on any atom is 0.287 e. The van der Waals surface area contributed by atoms with Crippen LogP contribution < -0.4 is 5.32 Å². The fourth-order valence-corrected chi connectivity index (χ4v) is 4.96. The van der Waals surface area contributed by atoms with E-state index in [4.69, 9.17) is 4.42 Å². The number of furan rings is 1. The Morgan fingerprint density at radius 1 is 1.15 bits per heavy atom. The minimum absolute atomic E-state index is 0.0925. The van der Waals surface area contributed by atoms with E-state index in [1.807, 2.05) is 0 Å². The van der Waals surface area contributed by atoms with E-state index in [9.17, 15) is 13.2 Å². The predicted molar refractivity (Wildman–Crippen MR) is 99.5 cm³/mol. The fraction of sp³-hybridized carbons (Fsp3) is 0.450.